The van der Waals surface area contributed by atoms with Crippen molar-refractivity contribution in [3.63, 3.8) is 0 Å². The minimum atomic E-state index is -0.385. The third-order valence-corrected chi connectivity index (χ3v) is 2.07. The van der Waals surface area contributed by atoms with Crippen molar-refractivity contribution in [3.05, 3.63) is 17.5 Å². The van der Waals surface area contributed by atoms with Gasteiger partial charge in [0.15, 0.2) is 0 Å². The highest BCUT2D eigenvalue weighted by molar-refractivity contribution is 6.28. The first-order chi connectivity index (χ1) is 6.59. The summed E-state index contributed by atoms with van der Waals surface area (Å²) in [5.41, 5.74) is 0. The van der Waals surface area contributed by atoms with E-state index in [4.69, 9.17) is 11.6 Å². The normalized spacial score (nSPS) is 12.9. The second-order valence-electron chi connectivity index (χ2n) is 3.40. The third kappa shape index (κ3) is 3.47. The lowest BCUT2D eigenvalue weighted by molar-refractivity contribution is 0.138. The van der Waals surface area contributed by atoms with Crippen LogP contribution in [0.2, 0.25) is 5.28 Å². The Balaban J connectivity index is 2.45. The lowest BCUT2D eigenvalue weighted by Crippen LogP contribution is -2.25. The molecule has 5 heteroatoms. The summed E-state index contributed by atoms with van der Waals surface area (Å²) in [5.74, 6) is 0.851. The number of nitrogens with zero attached hydrogens (tertiary/aromatic N) is 2. The van der Waals surface area contributed by atoms with E-state index < -0.39 is 0 Å². The Hall–Kier alpha value is -0.870. The average Bonchev–Trinajstić information content (AvgIpc) is 2.14. The monoisotopic (exact) mass is 215 g/mol. The van der Waals surface area contributed by atoms with Crippen LogP contribution in [0.1, 0.15) is 13.8 Å². The summed E-state index contributed by atoms with van der Waals surface area (Å²) >= 11 is 5.60. The molecule has 0 aliphatic heterocycles. The number of aliphatic hydroxyl groups excluding tert-OH is 1. The van der Waals surface area contributed by atoms with E-state index in [1.807, 2.05) is 13.8 Å². The van der Waals surface area contributed by atoms with E-state index in [0.29, 0.717) is 12.4 Å². The number of nitrogens with one attached hydrogen (secondary N) is 1. The minimum Gasteiger partial charge on any atom is -0.391 e. The maximum Gasteiger partial charge on any atom is 0.224 e. The van der Waals surface area contributed by atoms with E-state index in [1.54, 1.807) is 12.3 Å². The number of halogens is 1. The van der Waals surface area contributed by atoms with Crippen LogP contribution in [0.15, 0.2) is 12.3 Å². The van der Waals surface area contributed by atoms with Gasteiger partial charge in [-0.05, 0) is 23.6 Å². The van der Waals surface area contributed by atoms with Gasteiger partial charge in [-0.25, -0.2) is 9.97 Å². The number of anilines is 1. The maximum atomic E-state index is 9.52. The fraction of sp³-hybridized carbons (Fsp3) is 0.556. The summed E-state index contributed by atoms with van der Waals surface area (Å²) < 4.78 is 0. The lowest BCUT2D eigenvalue weighted by atomic mass is 10.1. The topological polar surface area (TPSA) is 58.0 Å². The van der Waals surface area contributed by atoms with Crippen molar-refractivity contribution in [2.24, 2.45) is 5.92 Å². The Morgan fingerprint density at radius 2 is 2.29 bits per heavy atom. The van der Waals surface area contributed by atoms with Gasteiger partial charge >= 0.3 is 0 Å². The Kier molecular flexibility index (Phi) is 4.10. The molecule has 1 heterocycles. The van der Waals surface area contributed by atoms with Crippen molar-refractivity contribution in [1.29, 1.82) is 0 Å². The van der Waals surface area contributed by atoms with Gasteiger partial charge < -0.3 is 10.4 Å². The van der Waals surface area contributed by atoms with Gasteiger partial charge in [0, 0.05) is 12.7 Å². The largest absolute Gasteiger partial charge is 0.391 e. The zero-order chi connectivity index (χ0) is 10.6. The average molecular weight is 216 g/mol. The molecule has 0 spiro atoms. The first-order valence-corrected chi connectivity index (χ1v) is 4.88. The number of hydrogen-bond donors (Lipinski definition) is 2. The van der Waals surface area contributed by atoms with Gasteiger partial charge in [0.2, 0.25) is 5.28 Å². The van der Waals surface area contributed by atoms with E-state index in [-0.39, 0.29) is 17.3 Å². The standard InChI is InChI=1S/C9H14ClN3O/c1-6(2)7(14)5-12-8-3-4-11-9(10)13-8/h3-4,6-7,14H,5H2,1-2H3,(H,11,12,13). The molecular formula is C9H14ClN3O. The van der Waals surface area contributed by atoms with Gasteiger partial charge in [0.05, 0.1) is 6.10 Å². The molecule has 1 unspecified atom stereocenters. The molecule has 1 aromatic rings. The molecular weight excluding hydrogens is 202 g/mol. The van der Waals surface area contributed by atoms with Crippen molar-refractivity contribution < 1.29 is 5.11 Å². The van der Waals surface area contributed by atoms with E-state index >= 15 is 0 Å². The van der Waals surface area contributed by atoms with E-state index in [1.165, 1.54) is 0 Å². The molecule has 14 heavy (non-hydrogen) atoms. The number of rotatable bonds is 4. The zero-order valence-corrected chi connectivity index (χ0v) is 8.99. The van der Waals surface area contributed by atoms with Crippen LogP contribution in [0.5, 0.6) is 0 Å². The Labute approximate surface area is 88.3 Å². The molecule has 0 fully saturated rings. The quantitative estimate of drug-likeness (QED) is 0.749. The molecule has 0 saturated heterocycles. The molecule has 0 aromatic carbocycles. The van der Waals surface area contributed by atoms with Gasteiger partial charge in [0.1, 0.15) is 5.82 Å². The van der Waals surface area contributed by atoms with Crippen LogP contribution in [-0.4, -0.2) is 27.7 Å². The van der Waals surface area contributed by atoms with Gasteiger partial charge in [0.25, 0.3) is 0 Å². The summed E-state index contributed by atoms with van der Waals surface area (Å²) in [6, 6.07) is 1.71. The molecule has 1 atom stereocenters. The van der Waals surface area contributed by atoms with E-state index in [2.05, 4.69) is 15.3 Å². The maximum absolute atomic E-state index is 9.52. The second kappa shape index (κ2) is 5.12. The molecule has 0 aliphatic carbocycles. The fourth-order valence-electron chi connectivity index (χ4n) is 0.878. The predicted molar refractivity (Wildman–Crippen MR) is 56.4 cm³/mol. The number of hydrogen-bond acceptors (Lipinski definition) is 4. The highest BCUT2D eigenvalue weighted by Gasteiger charge is 2.08. The molecule has 0 aliphatic rings. The summed E-state index contributed by atoms with van der Waals surface area (Å²) in [5, 5.41) is 12.7. The number of aliphatic hydroxyl groups is 1. The predicted octanol–water partition coefficient (Wildman–Crippen LogP) is 1.56. The van der Waals surface area contributed by atoms with Crippen LogP contribution in [0, 0.1) is 5.92 Å². The van der Waals surface area contributed by atoms with Crippen molar-refractivity contribution in [2.45, 2.75) is 20.0 Å². The van der Waals surface area contributed by atoms with E-state index in [0.717, 1.165) is 0 Å². The lowest BCUT2D eigenvalue weighted by Gasteiger charge is -2.15. The van der Waals surface area contributed by atoms with Gasteiger partial charge in [-0.3, -0.25) is 0 Å². The molecule has 1 rings (SSSR count). The van der Waals surface area contributed by atoms with E-state index in [9.17, 15) is 5.11 Å². The Morgan fingerprint density at radius 1 is 1.57 bits per heavy atom. The van der Waals surface area contributed by atoms with Crippen molar-refractivity contribution in [2.75, 3.05) is 11.9 Å². The van der Waals surface area contributed by atoms with Crippen molar-refractivity contribution >= 4 is 17.4 Å². The highest BCUT2D eigenvalue weighted by atomic mass is 35.5. The summed E-state index contributed by atoms with van der Waals surface area (Å²) in [4.78, 5) is 7.69. The summed E-state index contributed by atoms with van der Waals surface area (Å²) in [6.45, 7) is 4.38. The molecule has 4 nitrogen and oxygen atoms in total. The van der Waals surface area contributed by atoms with Crippen LogP contribution in [0.25, 0.3) is 0 Å². The molecule has 0 saturated carbocycles. The Morgan fingerprint density at radius 3 is 2.86 bits per heavy atom. The highest BCUT2D eigenvalue weighted by Crippen LogP contribution is 2.07. The second-order valence-corrected chi connectivity index (χ2v) is 3.74. The molecule has 0 amide bonds. The SMILES string of the molecule is CC(C)C(O)CNc1ccnc(Cl)n1. The van der Waals surface area contributed by atoms with Gasteiger partial charge in [-0.1, -0.05) is 13.8 Å². The molecule has 0 radical (unpaired) electrons. The van der Waals surface area contributed by atoms with Crippen LogP contribution < -0.4 is 5.32 Å². The number of aromatic nitrogens is 2. The first-order valence-electron chi connectivity index (χ1n) is 4.50. The minimum absolute atomic E-state index is 0.203. The summed E-state index contributed by atoms with van der Waals surface area (Å²) in [6.07, 6.45) is 1.18. The molecule has 0 bridgehead atoms. The van der Waals surface area contributed by atoms with Gasteiger partial charge in [-0.2, -0.15) is 0 Å². The fourth-order valence-corrected chi connectivity index (χ4v) is 1.03. The smallest absolute Gasteiger partial charge is 0.224 e. The molecule has 78 valence electrons. The van der Waals surface area contributed by atoms with Gasteiger partial charge in [-0.15, -0.1) is 0 Å². The van der Waals surface area contributed by atoms with Crippen molar-refractivity contribution in [1.82, 2.24) is 9.97 Å². The first kappa shape index (κ1) is 11.2. The van der Waals surface area contributed by atoms with Crippen LogP contribution >= 0.6 is 11.6 Å². The van der Waals surface area contributed by atoms with Crippen LogP contribution in [0.3, 0.4) is 0 Å². The van der Waals surface area contributed by atoms with Crippen LogP contribution in [-0.2, 0) is 0 Å². The summed E-state index contributed by atoms with van der Waals surface area (Å²) in [7, 11) is 0. The third-order valence-electron chi connectivity index (χ3n) is 1.89. The zero-order valence-electron chi connectivity index (χ0n) is 8.24. The van der Waals surface area contributed by atoms with Crippen molar-refractivity contribution in [3.8, 4) is 0 Å². The molecule has 1 aromatic heterocycles. The Bertz CT molecular complexity index is 293. The molecule has 2 N–H and O–H groups in total. The van der Waals surface area contributed by atoms with Crippen LogP contribution in [0.4, 0.5) is 5.82 Å².